The molecule has 2 aliphatic heterocycles. The number of fused-ring (bicyclic) bond motifs is 1. The zero-order chi connectivity index (χ0) is 19.0. The molecule has 3 aliphatic rings. The second-order valence-corrected chi connectivity index (χ2v) is 9.26. The number of ether oxygens (including phenoxy) is 1. The summed E-state index contributed by atoms with van der Waals surface area (Å²) in [4.78, 5) is 13.9. The summed E-state index contributed by atoms with van der Waals surface area (Å²) in [7, 11) is 0. The molecule has 0 spiro atoms. The molecular formula is C20H36N2O4. The lowest BCUT2D eigenvalue weighted by molar-refractivity contribution is -0.119. The zero-order valence-electron chi connectivity index (χ0n) is 16.6. The van der Waals surface area contributed by atoms with Crippen LogP contribution in [0.3, 0.4) is 0 Å². The molecule has 1 amide bonds. The van der Waals surface area contributed by atoms with Gasteiger partial charge in [0.15, 0.2) is 0 Å². The van der Waals surface area contributed by atoms with Crippen molar-refractivity contribution in [3.63, 3.8) is 0 Å². The van der Waals surface area contributed by atoms with Gasteiger partial charge >= 0.3 is 0 Å². The monoisotopic (exact) mass is 368 g/mol. The number of amides is 1. The van der Waals surface area contributed by atoms with Gasteiger partial charge < -0.3 is 20.3 Å². The maximum Gasteiger partial charge on any atom is 0.216 e. The van der Waals surface area contributed by atoms with Crippen LogP contribution in [0.2, 0.25) is 0 Å². The Labute approximate surface area is 157 Å². The van der Waals surface area contributed by atoms with Crippen LogP contribution in [-0.4, -0.2) is 70.6 Å². The summed E-state index contributed by atoms with van der Waals surface area (Å²) in [6.07, 6.45) is 6.14. The first-order chi connectivity index (χ1) is 12.2. The molecule has 2 saturated heterocycles. The quantitative estimate of drug-likeness (QED) is 0.699. The summed E-state index contributed by atoms with van der Waals surface area (Å²) in [6, 6.07) is 0.371. The third-order valence-electron chi connectivity index (χ3n) is 7.37. The van der Waals surface area contributed by atoms with E-state index in [-0.39, 0.29) is 23.4 Å². The molecule has 26 heavy (non-hydrogen) atoms. The number of rotatable bonds is 4. The molecular weight excluding hydrogens is 332 g/mol. The van der Waals surface area contributed by atoms with Crippen LogP contribution in [0.15, 0.2) is 0 Å². The molecule has 0 bridgehead atoms. The normalized spacial score (nSPS) is 40.7. The fourth-order valence-electron chi connectivity index (χ4n) is 5.46. The lowest BCUT2D eigenvalue weighted by Gasteiger charge is -2.45. The van der Waals surface area contributed by atoms with E-state index in [0.29, 0.717) is 39.1 Å². The number of carbonyl (C=O) groups excluding carboxylic acids is 1. The molecule has 6 heteroatoms. The van der Waals surface area contributed by atoms with Gasteiger partial charge in [-0.25, -0.2) is 0 Å². The van der Waals surface area contributed by atoms with Gasteiger partial charge in [-0.1, -0.05) is 19.8 Å². The van der Waals surface area contributed by atoms with Crippen LogP contribution in [0, 0.1) is 5.41 Å². The molecule has 0 aromatic heterocycles. The summed E-state index contributed by atoms with van der Waals surface area (Å²) in [5.74, 6) is -0.0289. The average molecular weight is 369 g/mol. The number of nitrogens with zero attached hydrogens (tertiary/aromatic N) is 1. The van der Waals surface area contributed by atoms with Gasteiger partial charge in [-0.15, -0.1) is 0 Å². The van der Waals surface area contributed by atoms with Crippen LogP contribution in [0.4, 0.5) is 0 Å². The molecule has 1 saturated carbocycles. The first kappa shape index (κ1) is 20.1. The second-order valence-electron chi connectivity index (χ2n) is 9.26. The fraction of sp³-hybridized carbons (Fsp3) is 0.950. The van der Waals surface area contributed by atoms with Crippen molar-refractivity contribution in [2.45, 2.75) is 89.0 Å². The number of aliphatic hydroxyl groups is 2. The Morgan fingerprint density at radius 2 is 1.88 bits per heavy atom. The van der Waals surface area contributed by atoms with E-state index in [1.807, 2.05) is 6.92 Å². The highest BCUT2D eigenvalue weighted by atomic mass is 16.5. The molecule has 1 aliphatic carbocycles. The number of carbonyl (C=O) groups is 1. The van der Waals surface area contributed by atoms with Gasteiger partial charge in [-0.05, 0) is 26.2 Å². The molecule has 0 radical (unpaired) electrons. The predicted molar refractivity (Wildman–Crippen MR) is 99.8 cm³/mol. The van der Waals surface area contributed by atoms with Crippen LogP contribution in [-0.2, 0) is 9.53 Å². The van der Waals surface area contributed by atoms with E-state index < -0.39 is 11.2 Å². The Morgan fingerprint density at radius 3 is 2.54 bits per heavy atom. The van der Waals surface area contributed by atoms with E-state index in [0.717, 1.165) is 32.1 Å². The number of β-amino-alcohol motifs (C(OH)–C–C–N with tert-alkyl or cyclic N) is 1. The SMILES string of the molecule is CC(=O)NC[C@H]1C[C@]2(C)[C@@H](CCCC[C@]2(C)O)N1CC1(O)CCOCC1. The van der Waals surface area contributed by atoms with E-state index in [9.17, 15) is 15.0 Å². The summed E-state index contributed by atoms with van der Waals surface area (Å²) >= 11 is 0. The number of hydrogen-bond acceptors (Lipinski definition) is 5. The van der Waals surface area contributed by atoms with Crippen LogP contribution in [0.25, 0.3) is 0 Å². The van der Waals surface area contributed by atoms with Crippen molar-refractivity contribution in [3.05, 3.63) is 0 Å². The minimum absolute atomic E-state index is 0.0289. The first-order valence-electron chi connectivity index (χ1n) is 10.2. The predicted octanol–water partition coefficient (Wildman–Crippen LogP) is 1.44. The third-order valence-corrected chi connectivity index (χ3v) is 7.37. The average Bonchev–Trinajstić information content (AvgIpc) is 2.76. The Morgan fingerprint density at radius 1 is 1.19 bits per heavy atom. The second kappa shape index (κ2) is 7.38. The number of likely N-dealkylation sites (tertiary alicyclic amines) is 1. The van der Waals surface area contributed by atoms with Crippen molar-refractivity contribution in [2.75, 3.05) is 26.3 Å². The Bertz CT molecular complexity index is 518. The molecule has 3 fully saturated rings. The van der Waals surface area contributed by atoms with Crippen molar-refractivity contribution in [2.24, 2.45) is 5.41 Å². The van der Waals surface area contributed by atoms with Gasteiger partial charge in [0.05, 0.1) is 11.2 Å². The first-order valence-corrected chi connectivity index (χ1v) is 10.2. The van der Waals surface area contributed by atoms with Crippen molar-refractivity contribution in [1.82, 2.24) is 10.2 Å². The molecule has 0 unspecified atom stereocenters. The highest BCUT2D eigenvalue weighted by Crippen LogP contribution is 2.53. The van der Waals surface area contributed by atoms with Crippen LogP contribution in [0.1, 0.15) is 65.7 Å². The summed E-state index contributed by atoms with van der Waals surface area (Å²) in [5.41, 5.74) is -1.69. The van der Waals surface area contributed by atoms with Gasteiger partial charge in [0.1, 0.15) is 0 Å². The van der Waals surface area contributed by atoms with Gasteiger partial charge in [0.2, 0.25) is 5.91 Å². The fourth-order valence-corrected chi connectivity index (χ4v) is 5.46. The minimum atomic E-state index is -0.740. The van der Waals surface area contributed by atoms with Gasteiger partial charge in [0.25, 0.3) is 0 Å². The van der Waals surface area contributed by atoms with Crippen molar-refractivity contribution in [1.29, 1.82) is 0 Å². The molecule has 3 rings (SSSR count). The molecule has 150 valence electrons. The van der Waals surface area contributed by atoms with Gasteiger partial charge in [-0.2, -0.15) is 0 Å². The summed E-state index contributed by atoms with van der Waals surface area (Å²) in [5, 5.41) is 25.4. The minimum Gasteiger partial charge on any atom is -0.390 e. The third kappa shape index (κ3) is 3.79. The largest absolute Gasteiger partial charge is 0.390 e. The molecule has 0 aromatic rings. The van der Waals surface area contributed by atoms with Crippen LogP contribution in [0.5, 0.6) is 0 Å². The van der Waals surface area contributed by atoms with E-state index >= 15 is 0 Å². The lowest BCUT2D eigenvalue weighted by atomic mass is 9.67. The highest BCUT2D eigenvalue weighted by molar-refractivity contribution is 5.72. The van der Waals surface area contributed by atoms with Gasteiger partial charge in [-0.3, -0.25) is 9.69 Å². The van der Waals surface area contributed by atoms with E-state index in [1.165, 1.54) is 0 Å². The maximum absolute atomic E-state index is 11.5. The Hall–Kier alpha value is -0.690. The zero-order valence-corrected chi connectivity index (χ0v) is 16.6. The van der Waals surface area contributed by atoms with Crippen molar-refractivity contribution >= 4 is 5.91 Å². The smallest absolute Gasteiger partial charge is 0.216 e. The highest BCUT2D eigenvalue weighted by Gasteiger charge is 2.58. The lowest BCUT2D eigenvalue weighted by Crippen LogP contribution is -2.55. The van der Waals surface area contributed by atoms with Gasteiger partial charge in [0, 0.05) is 63.6 Å². The molecule has 3 N–H and O–H groups in total. The number of nitrogens with one attached hydrogen (secondary N) is 1. The molecule has 2 heterocycles. The van der Waals surface area contributed by atoms with Crippen molar-refractivity contribution < 1.29 is 19.7 Å². The number of hydrogen-bond donors (Lipinski definition) is 3. The van der Waals surface area contributed by atoms with E-state index in [1.54, 1.807) is 6.92 Å². The summed E-state index contributed by atoms with van der Waals surface area (Å²) in [6.45, 7) is 8.09. The van der Waals surface area contributed by atoms with Crippen LogP contribution >= 0.6 is 0 Å². The van der Waals surface area contributed by atoms with E-state index in [4.69, 9.17) is 4.74 Å². The van der Waals surface area contributed by atoms with Crippen LogP contribution < -0.4 is 5.32 Å². The standard InChI is InChI=1S/C20H36N2O4/c1-15(23)21-13-16-12-18(2)17(6-4-5-7-19(18,3)24)22(16)14-20(25)8-10-26-11-9-20/h16-17,24-25H,4-14H2,1-3H3,(H,21,23)/t16-,17-,18-,19+/m1/s1. The Balaban J connectivity index is 1.86. The molecule has 0 aromatic carbocycles. The Kier molecular flexibility index (Phi) is 5.69. The van der Waals surface area contributed by atoms with Crippen molar-refractivity contribution in [3.8, 4) is 0 Å². The summed E-state index contributed by atoms with van der Waals surface area (Å²) < 4.78 is 5.44. The van der Waals surface area contributed by atoms with E-state index in [2.05, 4.69) is 17.1 Å². The molecule has 4 atom stereocenters. The molecule has 6 nitrogen and oxygen atoms in total. The maximum atomic E-state index is 11.5. The topological polar surface area (TPSA) is 82.0 Å².